The molecule has 0 atom stereocenters. The van der Waals surface area contributed by atoms with E-state index in [1.165, 1.54) is 12.1 Å². The minimum atomic E-state index is -0.581. The first-order valence-corrected chi connectivity index (χ1v) is 6.97. The van der Waals surface area contributed by atoms with E-state index in [0.29, 0.717) is 15.7 Å². The quantitative estimate of drug-likeness (QED) is 0.647. The Bertz CT molecular complexity index is 789. The fraction of sp³-hybridized carbons (Fsp3) is 0.0667. The van der Waals surface area contributed by atoms with E-state index in [-0.39, 0.29) is 29.4 Å². The third-order valence-electron chi connectivity index (χ3n) is 3.32. The van der Waals surface area contributed by atoms with Crippen LogP contribution in [0.1, 0.15) is 21.5 Å². The van der Waals surface area contributed by atoms with Crippen molar-refractivity contribution in [2.45, 2.75) is 6.42 Å². The monoisotopic (exact) mass is 348 g/mol. The zero-order valence-electron chi connectivity index (χ0n) is 10.7. The van der Waals surface area contributed by atoms with Gasteiger partial charge in [0.05, 0.1) is 12.1 Å². The standard InChI is InChI=1S/C15H10BrFN2O2/c16-10-6-11(17)12(18)5-9(10)15(21)7-1-2-13-8(3-7)4-14(20)19-13/h1-3,5-6H,4,18H2,(H,19,20). The lowest BCUT2D eigenvalue weighted by Crippen LogP contribution is -2.05. The lowest BCUT2D eigenvalue weighted by molar-refractivity contribution is -0.115. The van der Waals surface area contributed by atoms with Gasteiger partial charge in [0.15, 0.2) is 5.78 Å². The van der Waals surface area contributed by atoms with Crippen molar-refractivity contribution in [3.8, 4) is 0 Å². The van der Waals surface area contributed by atoms with E-state index in [1.807, 2.05) is 0 Å². The Kier molecular flexibility index (Phi) is 3.25. The normalized spacial score (nSPS) is 13.0. The molecule has 0 unspecified atom stereocenters. The van der Waals surface area contributed by atoms with Crippen LogP contribution >= 0.6 is 15.9 Å². The number of fused-ring (bicyclic) bond motifs is 1. The second kappa shape index (κ2) is 4.96. The van der Waals surface area contributed by atoms with Gasteiger partial charge in [-0.25, -0.2) is 4.39 Å². The van der Waals surface area contributed by atoms with Crippen molar-refractivity contribution in [2.75, 3.05) is 11.1 Å². The molecule has 2 aromatic carbocycles. The third-order valence-corrected chi connectivity index (χ3v) is 3.98. The number of benzene rings is 2. The molecule has 6 heteroatoms. The smallest absolute Gasteiger partial charge is 0.228 e. The predicted molar refractivity (Wildman–Crippen MR) is 80.7 cm³/mol. The molecular weight excluding hydrogens is 339 g/mol. The second-order valence-corrected chi connectivity index (χ2v) is 5.63. The highest BCUT2D eigenvalue weighted by molar-refractivity contribution is 9.10. The molecule has 0 saturated heterocycles. The van der Waals surface area contributed by atoms with E-state index in [1.54, 1.807) is 18.2 Å². The van der Waals surface area contributed by atoms with Gasteiger partial charge in [0.2, 0.25) is 5.91 Å². The molecule has 4 nitrogen and oxygen atoms in total. The van der Waals surface area contributed by atoms with Crippen molar-refractivity contribution in [2.24, 2.45) is 0 Å². The summed E-state index contributed by atoms with van der Waals surface area (Å²) in [6, 6.07) is 7.45. The number of nitrogens with one attached hydrogen (secondary N) is 1. The number of carbonyl (C=O) groups excluding carboxylic acids is 2. The number of anilines is 2. The Morgan fingerprint density at radius 1 is 1.29 bits per heavy atom. The first-order valence-electron chi connectivity index (χ1n) is 6.17. The zero-order chi connectivity index (χ0) is 15.1. The van der Waals surface area contributed by atoms with E-state index in [4.69, 9.17) is 5.73 Å². The number of halogens is 2. The summed E-state index contributed by atoms with van der Waals surface area (Å²) in [5.74, 6) is -0.959. The molecule has 0 radical (unpaired) electrons. The topological polar surface area (TPSA) is 72.2 Å². The SMILES string of the molecule is Nc1cc(C(=O)c2ccc3c(c2)CC(=O)N3)c(Br)cc1F. The van der Waals surface area contributed by atoms with Crippen LogP contribution < -0.4 is 11.1 Å². The maximum absolute atomic E-state index is 13.3. The maximum atomic E-state index is 13.3. The number of nitrogen functional groups attached to an aromatic ring is 1. The van der Waals surface area contributed by atoms with Gasteiger partial charge >= 0.3 is 0 Å². The summed E-state index contributed by atoms with van der Waals surface area (Å²) < 4.78 is 13.7. The molecule has 21 heavy (non-hydrogen) atoms. The van der Waals surface area contributed by atoms with E-state index in [2.05, 4.69) is 21.2 Å². The Morgan fingerprint density at radius 2 is 2.05 bits per heavy atom. The molecule has 106 valence electrons. The van der Waals surface area contributed by atoms with Gasteiger partial charge in [0, 0.05) is 21.3 Å². The maximum Gasteiger partial charge on any atom is 0.228 e. The van der Waals surface area contributed by atoms with E-state index >= 15 is 0 Å². The fourth-order valence-electron chi connectivity index (χ4n) is 2.27. The lowest BCUT2D eigenvalue weighted by atomic mass is 10.00. The lowest BCUT2D eigenvalue weighted by Gasteiger charge is -2.07. The molecule has 3 rings (SSSR count). The molecular formula is C15H10BrFN2O2. The van der Waals surface area contributed by atoms with Gasteiger partial charge in [-0.05, 0) is 51.8 Å². The molecule has 1 aliphatic heterocycles. The molecule has 0 bridgehead atoms. The Labute approximate surface area is 128 Å². The first kappa shape index (κ1) is 13.8. The molecule has 0 aromatic heterocycles. The molecule has 1 heterocycles. The Balaban J connectivity index is 2.02. The number of hydrogen-bond acceptors (Lipinski definition) is 3. The van der Waals surface area contributed by atoms with E-state index in [0.717, 1.165) is 5.56 Å². The van der Waals surface area contributed by atoms with Crippen LogP contribution in [0.5, 0.6) is 0 Å². The van der Waals surface area contributed by atoms with Gasteiger partial charge in [-0.3, -0.25) is 9.59 Å². The van der Waals surface area contributed by atoms with E-state index < -0.39 is 5.82 Å². The van der Waals surface area contributed by atoms with Crippen LogP contribution in [0, 0.1) is 5.82 Å². The molecule has 0 saturated carbocycles. The van der Waals surface area contributed by atoms with Crippen molar-refractivity contribution in [1.82, 2.24) is 0 Å². The van der Waals surface area contributed by atoms with Gasteiger partial charge in [-0.15, -0.1) is 0 Å². The van der Waals surface area contributed by atoms with Crippen molar-refractivity contribution >= 4 is 39.0 Å². The zero-order valence-corrected chi connectivity index (χ0v) is 12.3. The first-order chi connectivity index (χ1) is 9.95. The predicted octanol–water partition coefficient (Wildman–Crippen LogP) is 2.90. The summed E-state index contributed by atoms with van der Waals surface area (Å²) in [6.07, 6.45) is 0.253. The van der Waals surface area contributed by atoms with Gasteiger partial charge < -0.3 is 11.1 Å². The van der Waals surface area contributed by atoms with Crippen molar-refractivity contribution in [1.29, 1.82) is 0 Å². The summed E-state index contributed by atoms with van der Waals surface area (Å²) in [5.41, 5.74) is 7.63. The highest BCUT2D eigenvalue weighted by atomic mass is 79.9. The van der Waals surface area contributed by atoms with Gasteiger partial charge in [-0.2, -0.15) is 0 Å². The molecule has 2 aromatic rings. The summed E-state index contributed by atoms with van der Waals surface area (Å²) in [4.78, 5) is 23.8. The number of nitrogens with two attached hydrogens (primary N) is 1. The molecule has 0 fully saturated rings. The Hall–Kier alpha value is -2.21. The average molecular weight is 349 g/mol. The van der Waals surface area contributed by atoms with Crippen LogP contribution in [0.4, 0.5) is 15.8 Å². The minimum Gasteiger partial charge on any atom is -0.396 e. The number of ketones is 1. The van der Waals surface area contributed by atoms with Crippen molar-refractivity contribution < 1.29 is 14.0 Å². The molecule has 0 spiro atoms. The van der Waals surface area contributed by atoms with E-state index in [9.17, 15) is 14.0 Å². The summed E-state index contributed by atoms with van der Waals surface area (Å²) in [7, 11) is 0. The number of carbonyl (C=O) groups is 2. The fourth-order valence-corrected chi connectivity index (χ4v) is 2.76. The van der Waals surface area contributed by atoms with Crippen molar-refractivity contribution in [3.05, 3.63) is 57.3 Å². The minimum absolute atomic E-state index is 0.0837. The van der Waals surface area contributed by atoms with Crippen LogP contribution in [0.3, 0.4) is 0 Å². The van der Waals surface area contributed by atoms with Gasteiger partial charge in [0.25, 0.3) is 0 Å². The highest BCUT2D eigenvalue weighted by Crippen LogP contribution is 2.28. The number of rotatable bonds is 2. The Morgan fingerprint density at radius 3 is 2.81 bits per heavy atom. The molecule has 1 amide bonds. The van der Waals surface area contributed by atoms with Gasteiger partial charge in [-0.1, -0.05) is 0 Å². The van der Waals surface area contributed by atoms with Crippen LogP contribution in [0.25, 0.3) is 0 Å². The van der Waals surface area contributed by atoms with Crippen LogP contribution in [0.2, 0.25) is 0 Å². The van der Waals surface area contributed by atoms with Gasteiger partial charge in [0.1, 0.15) is 5.82 Å². The number of hydrogen-bond donors (Lipinski definition) is 2. The van der Waals surface area contributed by atoms with Crippen molar-refractivity contribution in [3.63, 3.8) is 0 Å². The summed E-state index contributed by atoms with van der Waals surface area (Å²) in [5, 5.41) is 2.70. The molecule has 0 aliphatic carbocycles. The average Bonchev–Trinajstić information content (AvgIpc) is 2.81. The highest BCUT2D eigenvalue weighted by Gasteiger charge is 2.21. The largest absolute Gasteiger partial charge is 0.396 e. The van der Waals surface area contributed by atoms with Crippen LogP contribution in [-0.4, -0.2) is 11.7 Å². The number of amides is 1. The molecule has 3 N–H and O–H groups in total. The van der Waals surface area contributed by atoms with Crippen LogP contribution in [-0.2, 0) is 11.2 Å². The third kappa shape index (κ3) is 2.42. The molecule has 1 aliphatic rings. The van der Waals surface area contributed by atoms with Crippen LogP contribution in [0.15, 0.2) is 34.8 Å². The summed E-state index contributed by atoms with van der Waals surface area (Å²) in [6.45, 7) is 0. The summed E-state index contributed by atoms with van der Waals surface area (Å²) >= 11 is 3.17. The second-order valence-electron chi connectivity index (χ2n) is 4.78.